The Morgan fingerprint density at radius 3 is 2.68 bits per heavy atom. The van der Waals surface area contributed by atoms with E-state index in [2.05, 4.69) is 10.5 Å². The van der Waals surface area contributed by atoms with Gasteiger partial charge >= 0.3 is 0 Å². The van der Waals surface area contributed by atoms with E-state index in [1.165, 1.54) is 0 Å². The number of rotatable bonds is 5. The van der Waals surface area contributed by atoms with Gasteiger partial charge in [0, 0.05) is 29.6 Å². The maximum atomic E-state index is 5.97. The lowest BCUT2D eigenvalue weighted by molar-refractivity contribution is 0.0848. The van der Waals surface area contributed by atoms with Crippen LogP contribution in [0.2, 0.25) is 10.0 Å². The normalized spacial score (nSPS) is 17.2. The third kappa shape index (κ3) is 4.01. The summed E-state index contributed by atoms with van der Waals surface area (Å²) >= 11 is 11.9. The first kappa shape index (κ1) is 15.3. The number of hydrogen-bond acceptors (Lipinski definition) is 3. The second-order valence-corrected chi connectivity index (χ2v) is 6.11. The molecular weight excluding hydrogens is 319 g/mol. The molecule has 3 nitrogen and oxygen atoms in total. The average Bonchev–Trinajstić information content (AvgIpc) is 2.97. The molecule has 0 bridgehead atoms. The summed E-state index contributed by atoms with van der Waals surface area (Å²) in [5.41, 5.74) is 3.18. The van der Waals surface area contributed by atoms with E-state index >= 15 is 0 Å². The van der Waals surface area contributed by atoms with Crippen LogP contribution in [0.4, 0.5) is 0 Å². The molecule has 0 aliphatic carbocycles. The van der Waals surface area contributed by atoms with Gasteiger partial charge < -0.3 is 10.2 Å². The smallest absolute Gasteiger partial charge is 0.145 e. The molecule has 1 aliphatic rings. The van der Waals surface area contributed by atoms with Crippen molar-refractivity contribution in [2.24, 2.45) is 5.16 Å². The molecule has 1 aliphatic heterocycles. The fraction of sp³-hybridized carbons (Fsp3) is 0.235. The van der Waals surface area contributed by atoms with Crippen molar-refractivity contribution in [2.75, 3.05) is 6.54 Å². The third-order valence-electron chi connectivity index (χ3n) is 3.50. The highest BCUT2D eigenvalue weighted by atomic mass is 35.5. The molecule has 0 radical (unpaired) electrons. The monoisotopic (exact) mass is 334 g/mol. The Kier molecular flexibility index (Phi) is 4.98. The van der Waals surface area contributed by atoms with Crippen molar-refractivity contribution in [3.8, 4) is 0 Å². The third-order valence-corrected chi connectivity index (χ3v) is 3.99. The topological polar surface area (TPSA) is 33.6 Å². The van der Waals surface area contributed by atoms with Crippen LogP contribution in [0, 0.1) is 0 Å². The molecule has 1 heterocycles. The Hall–Kier alpha value is -1.55. The highest BCUT2D eigenvalue weighted by Gasteiger charge is 2.21. The summed E-state index contributed by atoms with van der Waals surface area (Å²) in [6.45, 7) is 1.50. The molecule has 5 heteroatoms. The molecular formula is C17H16Cl2N2O. The van der Waals surface area contributed by atoms with Crippen molar-refractivity contribution >= 4 is 28.9 Å². The van der Waals surface area contributed by atoms with E-state index in [9.17, 15) is 0 Å². The highest BCUT2D eigenvalue weighted by Crippen LogP contribution is 2.18. The highest BCUT2D eigenvalue weighted by molar-refractivity contribution is 6.30. The molecule has 2 aromatic carbocycles. The number of nitrogens with one attached hydrogen (secondary N) is 1. The zero-order valence-corrected chi connectivity index (χ0v) is 13.4. The van der Waals surface area contributed by atoms with Crippen molar-refractivity contribution < 1.29 is 4.84 Å². The quantitative estimate of drug-likeness (QED) is 0.885. The standard InChI is InChI=1S/C17H16Cl2N2O/c18-14-6-4-13(5-7-14)17-9-16(22-21-17)11-20-10-12-2-1-3-15(19)8-12/h1-8,16,20H,9-11H2/t16-/m1/s1. The van der Waals surface area contributed by atoms with Gasteiger partial charge in [-0.2, -0.15) is 0 Å². The number of hydrogen-bond donors (Lipinski definition) is 1. The molecule has 0 unspecified atom stereocenters. The molecule has 0 spiro atoms. The van der Waals surface area contributed by atoms with Gasteiger partial charge in [0.2, 0.25) is 0 Å². The molecule has 22 heavy (non-hydrogen) atoms. The Balaban J connectivity index is 1.47. The second-order valence-electron chi connectivity index (χ2n) is 5.24. The van der Waals surface area contributed by atoms with Crippen LogP contribution in [0.3, 0.4) is 0 Å². The summed E-state index contributed by atoms with van der Waals surface area (Å²) in [6.07, 6.45) is 0.856. The van der Waals surface area contributed by atoms with E-state index in [4.69, 9.17) is 28.0 Å². The molecule has 0 fully saturated rings. The summed E-state index contributed by atoms with van der Waals surface area (Å²) in [5.74, 6) is 0. The molecule has 0 saturated heterocycles. The zero-order chi connectivity index (χ0) is 15.4. The van der Waals surface area contributed by atoms with E-state index in [1.54, 1.807) is 0 Å². The average molecular weight is 335 g/mol. The van der Waals surface area contributed by atoms with Crippen molar-refractivity contribution in [1.29, 1.82) is 0 Å². The van der Waals surface area contributed by atoms with Gasteiger partial charge in [-0.25, -0.2) is 0 Å². The van der Waals surface area contributed by atoms with E-state index in [0.717, 1.165) is 46.4 Å². The van der Waals surface area contributed by atoms with Crippen LogP contribution in [-0.2, 0) is 11.4 Å². The molecule has 3 rings (SSSR count). The van der Waals surface area contributed by atoms with Crippen molar-refractivity contribution in [1.82, 2.24) is 5.32 Å². The summed E-state index contributed by atoms with van der Waals surface area (Å²) in [4.78, 5) is 5.48. The van der Waals surface area contributed by atoms with Crippen LogP contribution in [-0.4, -0.2) is 18.4 Å². The van der Waals surface area contributed by atoms with Crippen LogP contribution in [0.15, 0.2) is 53.7 Å². The SMILES string of the molecule is Clc1ccc(C2=NO[C@@H](CNCc3cccc(Cl)c3)C2)cc1. The minimum absolute atomic E-state index is 0.0601. The summed E-state index contributed by atoms with van der Waals surface area (Å²) in [5, 5.41) is 9.02. The molecule has 0 amide bonds. The van der Waals surface area contributed by atoms with E-state index in [0.29, 0.717) is 0 Å². The summed E-state index contributed by atoms with van der Waals surface area (Å²) in [7, 11) is 0. The van der Waals surface area contributed by atoms with Gasteiger partial charge in [0.25, 0.3) is 0 Å². The first-order valence-electron chi connectivity index (χ1n) is 7.14. The van der Waals surface area contributed by atoms with Crippen molar-refractivity contribution in [3.63, 3.8) is 0 Å². The number of oxime groups is 1. The number of halogens is 2. The molecule has 2 aromatic rings. The van der Waals surface area contributed by atoms with E-state index in [-0.39, 0.29) is 6.10 Å². The molecule has 1 N–H and O–H groups in total. The van der Waals surface area contributed by atoms with Crippen LogP contribution in [0.5, 0.6) is 0 Å². The Morgan fingerprint density at radius 1 is 1.09 bits per heavy atom. The van der Waals surface area contributed by atoms with Crippen LogP contribution in [0.1, 0.15) is 17.5 Å². The number of benzene rings is 2. The summed E-state index contributed by atoms with van der Waals surface area (Å²) in [6, 6.07) is 15.5. The predicted octanol–water partition coefficient (Wildman–Crippen LogP) is 4.28. The van der Waals surface area contributed by atoms with Crippen LogP contribution >= 0.6 is 23.2 Å². The van der Waals surface area contributed by atoms with Crippen LogP contribution in [0.25, 0.3) is 0 Å². The maximum Gasteiger partial charge on any atom is 0.145 e. The lowest BCUT2D eigenvalue weighted by Gasteiger charge is -2.10. The molecule has 0 aromatic heterocycles. The lowest BCUT2D eigenvalue weighted by atomic mass is 10.1. The van der Waals surface area contributed by atoms with Gasteiger partial charge in [0.1, 0.15) is 6.10 Å². The molecule has 0 saturated carbocycles. The predicted molar refractivity (Wildman–Crippen MR) is 90.6 cm³/mol. The zero-order valence-electron chi connectivity index (χ0n) is 11.9. The summed E-state index contributed by atoms with van der Waals surface area (Å²) < 4.78 is 0. The fourth-order valence-corrected chi connectivity index (χ4v) is 2.71. The molecule has 114 valence electrons. The van der Waals surface area contributed by atoms with E-state index < -0.39 is 0 Å². The van der Waals surface area contributed by atoms with Gasteiger partial charge in [-0.05, 0) is 35.4 Å². The van der Waals surface area contributed by atoms with Crippen molar-refractivity contribution in [2.45, 2.75) is 19.1 Å². The Labute approximate surface area is 139 Å². The largest absolute Gasteiger partial charge is 0.390 e. The minimum atomic E-state index is 0.0601. The first-order valence-corrected chi connectivity index (χ1v) is 7.90. The van der Waals surface area contributed by atoms with Crippen molar-refractivity contribution in [3.05, 3.63) is 69.7 Å². The lowest BCUT2D eigenvalue weighted by Crippen LogP contribution is -2.26. The Bertz CT molecular complexity index is 671. The Morgan fingerprint density at radius 2 is 1.91 bits per heavy atom. The van der Waals surface area contributed by atoms with Gasteiger partial charge in [-0.15, -0.1) is 0 Å². The van der Waals surface area contributed by atoms with Gasteiger partial charge in [0.15, 0.2) is 0 Å². The van der Waals surface area contributed by atoms with Crippen LogP contribution < -0.4 is 5.32 Å². The minimum Gasteiger partial charge on any atom is -0.390 e. The second kappa shape index (κ2) is 7.14. The van der Waals surface area contributed by atoms with E-state index in [1.807, 2.05) is 48.5 Å². The number of nitrogens with zero attached hydrogens (tertiary/aromatic N) is 1. The molecule has 1 atom stereocenters. The maximum absolute atomic E-state index is 5.97. The first-order chi connectivity index (χ1) is 10.7. The van der Waals surface area contributed by atoms with Gasteiger partial charge in [-0.3, -0.25) is 0 Å². The van der Waals surface area contributed by atoms with Gasteiger partial charge in [0.05, 0.1) is 5.71 Å². The van der Waals surface area contributed by atoms with Gasteiger partial charge in [-0.1, -0.05) is 52.6 Å². The fourth-order valence-electron chi connectivity index (χ4n) is 2.38.